The Bertz CT molecular complexity index is 676. The molecule has 0 aliphatic carbocycles. The van der Waals surface area contributed by atoms with Crippen molar-refractivity contribution in [3.8, 4) is 23.3 Å². The molecule has 21 heavy (non-hydrogen) atoms. The maximum Gasteiger partial charge on any atom is 0.573 e. The van der Waals surface area contributed by atoms with Crippen molar-refractivity contribution in [3.05, 3.63) is 48.0 Å². The second kappa shape index (κ2) is 5.63. The van der Waals surface area contributed by atoms with Crippen molar-refractivity contribution in [2.24, 2.45) is 0 Å². The summed E-state index contributed by atoms with van der Waals surface area (Å²) >= 11 is 0. The fourth-order valence-electron chi connectivity index (χ4n) is 1.57. The monoisotopic (exact) mass is 294 g/mol. The summed E-state index contributed by atoms with van der Waals surface area (Å²) in [5.74, 6) is 0.165. The number of nitrogen functional groups attached to an aromatic ring is 1. The quantitative estimate of drug-likeness (QED) is 0.873. The fourth-order valence-corrected chi connectivity index (χ4v) is 1.57. The van der Waals surface area contributed by atoms with Crippen LogP contribution in [0.5, 0.6) is 17.2 Å². The number of halogens is 3. The van der Waals surface area contributed by atoms with Gasteiger partial charge >= 0.3 is 6.36 Å². The number of para-hydroxylation sites is 1. The highest BCUT2D eigenvalue weighted by atomic mass is 19.4. The number of anilines is 1. The first-order chi connectivity index (χ1) is 9.89. The first-order valence-corrected chi connectivity index (χ1v) is 5.71. The van der Waals surface area contributed by atoms with Gasteiger partial charge in [-0.3, -0.25) is 0 Å². The highest BCUT2D eigenvalue weighted by Crippen LogP contribution is 2.31. The largest absolute Gasteiger partial charge is 0.573 e. The van der Waals surface area contributed by atoms with E-state index in [0.29, 0.717) is 0 Å². The summed E-state index contributed by atoms with van der Waals surface area (Å²) in [6.45, 7) is 0. The summed E-state index contributed by atoms with van der Waals surface area (Å²) in [6.07, 6.45) is -4.74. The lowest BCUT2D eigenvalue weighted by Gasteiger charge is -2.11. The average Bonchev–Trinajstić information content (AvgIpc) is 2.42. The maximum atomic E-state index is 12.0. The van der Waals surface area contributed by atoms with E-state index in [1.807, 2.05) is 6.07 Å². The van der Waals surface area contributed by atoms with Gasteiger partial charge in [0, 0.05) is 0 Å². The standard InChI is InChI=1S/C14H9F3N2O2/c15-14(16,17)21-11-6-4-10(5-7-11)20-12-3-1-2-9(8-18)13(12)19/h1-7H,19H2. The zero-order valence-corrected chi connectivity index (χ0v) is 10.5. The SMILES string of the molecule is N#Cc1cccc(Oc2ccc(OC(F)(F)F)cc2)c1N. The van der Waals surface area contributed by atoms with Crippen LogP contribution >= 0.6 is 0 Å². The Kier molecular flexibility index (Phi) is 3.89. The van der Waals surface area contributed by atoms with E-state index in [9.17, 15) is 13.2 Å². The van der Waals surface area contributed by atoms with Crippen molar-refractivity contribution in [1.29, 1.82) is 5.26 Å². The molecule has 0 amide bonds. The van der Waals surface area contributed by atoms with E-state index in [1.165, 1.54) is 18.2 Å². The molecule has 2 aromatic carbocycles. The predicted molar refractivity (Wildman–Crippen MR) is 68.8 cm³/mol. The Morgan fingerprint density at radius 2 is 1.62 bits per heavy atom. The van der Waals surface area contributed by atoms with Crippen molar-refractivity contribution in [2.75, 3.05) is 5.73 Å². The Morgan fingerprint density at radius 1 is 1.00 bits per heavy atom. The first kappa shape index (κ1) is 14.5. The highest BCUT2D eigenvalue weighted by Gasteiger charge is 2.30. The van der Waals surface area contributed by atoms with Crippen LogP contribution in [0.25, 0.3) is 0 Å². The molecule has 0 aromatic heterocycles. The summed E-state index contributed by atoms with van der Waals surface area (Å²) < 4.78 is 45.2. The smallest absolute Gasteiger partial charge is 0.455 e. The lowest BCUT2D eigenvalue weighted by atomic mass is 10.2. The van der Waals surface area contributed by atoms with E-state index in [1.54, 1.807) is 12.1 Å². The second-order valence-corrected chi connectivity index (χ2v) is 3.95. The molecule has 0 heterocycles. The molecule has 0 radical (unpaired) electrons. The van der Waals surface area contributed by atoms with Gasteiger partial charge in [0.15, 0.2) is 5.75 Å². The Hall–Kier alpha value is -2.88. The van der Waals surface area contributed by atoms with Crippen LogP contribution in [-0.2, 0) is 0 Å². The van der Waals surface area contributed by atoms with Gasteiger partial charge in [-0.1, -0.05) is 6.07 Å². The molecule has 7 heteroatoms. The first-order valence-electron chi connectivity index (χ1n) is 5.71. The molecular weight excluding hydrogens is 285 g/mol. The summed E-state index contributed by atoms with van der Waals surface area (Å²) in [5.41, 5.74) is 6.15. The van der Waals surface area contributed by atoms with Crippen molar-refractivity contribution in [2.45, 2.75) is 6.36 Å². The van der Waals surface area contributed by atoms with E-state index < -0.39 is 6.36 Å². The van der Waals surface area contributed by atoms with Crippen LogP contribution in [0.2, 0.25) is 0 Å². The number of hydrogen-bond donors (Lipinski definition) is 1. The molecular formula is C14H9F3N2O2. The number of ether oxygens (including phenoxy) is 2. The Morgan fingerprint density at radius 3 is 2.19 bits per heavy atom. The molecule has 108 valence electrons. The van der Waals surface area contributed by atoms with Crippen LogP contribution in [-0.4, -0.2) is 6.36 Å². The van der Waals surface area contributed by atoms with Gasteiger partial charge in [-0.15, -0.1) is 13.2 Å². The molecule has 0 saturated heterocycles. The molecule has 2 rings (SSSR count). The Labute approximate surface area is 118 Å². The average molecular weight is 294 g/mol. The van der Waals surface area contributed by atoms with Crippen molar-refractivity contribution in [3.63, 3.8) is 0 Å². The van der Waals surface area contributed by atoms with Gasteiger partial charge in [-0.25, -0.2) is 0 Å². The number of rotatable bonds is 3. The molecule has 4 nitrogen and oxygen atoms in total. The van der Waals surface area contributed by atoms with Gasteiger partial charge in [0.2, 0.25) is 0 Å². The molecule has 2 aromatic rings. The minimum absolute atomic E-state index is 0.163. The van der Waals surface area contributed by atoms with Gasteiger partial charge in [0.05, 0.1) is 11.3 Å². The van der Waals surface area contributed by atoms with Crippen LogP contribution in [0.4, 0.5) is 18.9 Å². The molecule has 0 fully saturated rings. The number of nitriles is 1. The van der Waals surface area contributed by atoms with Crippen LogP contribution in [0.3, 0.4) is 0 Å². The zero-order chi connectivity index (χ0) is 15.5. The molecule has 0 saturated carbocycles. The van der Waals surface area contributed by atoms with E-state index in [4.69, 9.17) is 15.7 Å². The second-order valence-electron chi connectivity index (χ2n) is 3.95. The molecule has 2 N–H and O–H groups in total. The predicted octanol–water partition coefficient (Wildman–Crippen LogP) is 3.83. The fraction of sp³-hybridized carbons (Fsp3) is 0.0714. The van der Waals surface area contributed by atoms with E-state index in [-0.39, 0.29) is 28.5 Å². The van der Waals surface area contributed by atoms with Crippen LogP contribution in [0, 0.1) is 11.3 Å². The summed E-state index contributed by atoms with van der Waals surface area (Å²) in [5, 5.41) is 8.84. The number of alkyl halides is 3. The van der Waals surface area contributed by atoms with E-state index >= 15 is 0 Å². The number of nitrogens with two attached hydrogens (primary N) is 1. The zero-order valence-electron chi connectivity index (χ0n) is 10.5. The third-order valence-electron chi connectivity index (χ3n) is 2.47. The van der Waals surface area contributed by atoms with Crippen molar-refractivity contribution >= 4 is 5.69 Å². The van der Waals surface area contributed by atoms with Gasteiger partial charge in [-0.05, 0) is 36.4 Å². The van der Waals surface area contributed by atoms with Gasteiger partial charge < -0.3 is 15.2 Å². The minimum Gasteiger partial charge on any atom is -0.455 e. The number of hydrogen-bond acceptors (Lipinski definition) is 4. The maximum absolute atomic E-state index is 12.0. The topological polar surface area (TPSA) is 68.3 Å². The normalized spacial score (nSPS) is 10.8. The molecule has 0 aliphatic heterocycles. The molecule has 0 unspecified atom stereocenters. The van der Waals surface area contributed by atoms with Crippen molar-refractivity contribution < 1.29 is 22.6 Å². The highest BCUT2D eigenvalue weighted by molar-refractivity contribution is 5.63. The molecule has 0 aliphatic rings. The van der Waals surface area contributed by atoms with E-state index in [0.717, 1.165) is 12.1 Å². The number of nitrogens with zero attached hydrogens (tertiary/aromatic N) is 1. The van der Waals surface area contributed by atoms with Gasteiger partial charge in [0.1, 0.15) is 17.6 Å². The van der Waals surface area contributed by atoms with Gasteiger partial charge in [-0.2, -0.15) is 5.26 Å². The van der Waals surface area contributed by atoms with Crippen LogP contribution in [0.1, 0.15) is 5.56 Å². The van der Waals surface area contributed by atoms with Crippen LogP contribution in [0.15, 0.2) is 42.5 Å². The lowest BCUT2D eigenvalue weighted by Crippen LogP contribution is -2.16. The minimum atomic E-state index is -4.74. The van der Waals surface area contributed by atoms with Crippen molar-refractivity contribution in [1.82, 2.24) is 0 Å². The lowest BCUT2D eigenvalue weighted by molar-refractivity contribution is -0.274. The number of benzene rings is 2. The summed E-state index contributed by atoms with van der Waals surface area (Å²) in [6, 6.07) is 11.4. The third kappa shape index (κ3) is 3.79. The van der Waals surface area contributed by atoms with Crippen LogP contribution < -0.4 is 15.2 Å². The van der Waals surface area contributed by atoms with E-state index in [2.05, 4.69) is 4.74 Å². The summed E-state index contributed by atoms with van der Waals surface area (Å²) in [7, 11) is 0. The van der Waals surface area contributed by atoms with Gasteiger partial charge in [0.25, 0.3) is 0 Å². The summed E-state index contributed by atoms with van der Waals surface area (Å²) in [4.78, 5) is 0. The molecule has 0 bridgehead atoms. The molecule has 0 spiro atoms. The third-order valence-corrected chi connectivity index (χ3v) is 2.47. The Balaban J connectivity index is 2.16. The molecule has 0 atom stereocenters.